The fraction of sp³-hybridized carbons (Fsp3) is 0.391. The number of methoxy groups -OCH3 is 2. The van der Waals surface area contributed by atoms with Gasteiger partial charge in [0.05, 0.1) is 30.4 Å². The summed E-state index contributed by atoms with van der Waals surface area (Å²) in [6.45, 7) is 3.54. The summed E-state index contributed by atoms with van der Waals surface area (Å²) in [7, 11) is 3.36. The van der Waals surface area contributed by atoms with Crippen LogP contribution in [0.25, 0.3) is 10.9 Å². The summed E-state index contributed by atoms with van der Waals surface area (Å²) in [6, 6.07) is 12.1. The Morgan fingerprint density at radius 1 is 0.900 bits per heavy atom. The first-order valence-corrected chi connectivity index (χ1v) is 10.7. The summed E-state index contributed by atoms with van der Waals surface area (Å²) in [6.07, 6.45) is 2.33. The van der Waals surface area contributed by atoms with Crippen LogP contribution in [0.2, 0.25) is 5.02 Å². The van der Waals surface area contributed by atoms with Crippen molar-refractivity contribution in [3.05, 3.63) is 47.2 Å². The van der Waals surface area contributed by atoms with E-state index in [-0.39, 0.29) is 0 Å². The molecule has 7 heteroatoms. The van der Waals surface area contributed by atoms with E-state index in [4.69, 9.17) is 31.0 Å². The molecule has 2 aromatic carbocycles. The van der Waals surface area contributed by atoms with E-state index in [9.17, 15) is 0 Å². The molecule has 0 radical (unpaired) electrons. The lowest BCUT2D eigenvalue weighted by molar-refractivity contribution is 0.413. The number of aromatic nitrogens is 2. The van der Waals surface area contributed by atoms with Crippen LogP contribution in [0.15, 0.2) is 36.4 Å². The van der Waals surface area contributed by atoms with Crippen LogP contribution in [0, 0.1) is 0 Å². The Balaban J connectivity index is 1.47. The molecule has 2 fully saturated rings. The van der Waals surface area contributed by atoms with E-state index in [1.165, 1.54) is 0 Å². The highest BCUT2D eigenvalue weighted by atomic mass is 35.5. The van der Waals surface area contributed by atoms with Crippen LogP contribution in [-0.4, -0.2) is 50.4 Å². The van der Waals surface area contributed by atoms with Gasteiger partial charge in [0, 0.05) is 37.5 Å². The van der Waals surface area contributed by atoms with Crippen molar-refractivity contribution in [2.24, 2.45) is 0 Å². The van der Waals surface area contributed by atoms with Gasteiger partial charge in [-0.15, -0.1) is 0 Å². The molecule has 1 saturated heterocycles. The predicted octanol–water partition coefficient (Wildman–Crippen LogP) is 4.50. The van der Waals surface area contributed by atoms with Gasteiger partial charge in [-0.2, -0.15) is 0 Å². The SMILES string of the molecule is COc1cc2c(N3CCN(c4ccccc4OC)CC3)nc(C3CC3)nc2cc1Cl. The zero-order chi connectivity index (χ0) is 20.7. The molecule has 0 N–H and O–H groups in total. The Bertz CT molecular complexity index is 1080. The Kier molecular flexibility index (Phi) is 5.03. The van der Waals surface area contributed by atoms with Crippen molar-refractivity contribution in [3.63, 3.8) is 0 Å². The van der Waals surface area contributed by atoms with E-state index >= 15 is 0 Å². The average molecular weight is 425 g/mol. The molecule has 156 valence electrons. The molecule has 0 amide bonds. The van der Waals surface area contributed by atoms with Crippen molar-refractivity contribution in [2.45, 2.75) is 18.8 Å². The van der Waals surface area contributed by atoms with Crippen molar-refractivity contribution in [2.75, 3.05) is 50.2 Å². The maximum Gasteiger partial charge on any atom is 0.142 e. The maximum atomic E-state index is 6.39. The van der Waals surface area contributed by atoms with E-state index < -0.39 is 0 Å². The average Bonchev–Trinajstić information content (AvgIpc) is 3.63. The molecule has 0 unspecified atom stereocenters. The molecule has 0 atom stereocenters. The third kappa shape index (κ3) is 3.49. The molecule has 1 saturated carbocycles. The van der Waals surface area contributed by atoms with Gasteiger partial charge in [-0.25, -0.2) is 9.97 Å². The Hall–Kier alpha value is -2.73. The van der Waals surface area contributed by atoms with Gasteiger partial charge in [-0.3, -0.25) is 0 Å². The number of benzene rings is 2. The number of hydrogen-bond acceptors (Lipinski definition) is 6. The van der Waals surface area contributed by atoms with Gasteiger partial charge in [0.1, 0.15) is 23.1 Å². The first kappa shape index (κ1) is 19.2. The molecule has 6 nitrogen and oxygen atoms in total. The third-order valence-electron chi connectivity index (χ3n) is 5.91. The van der Waals surface area contributed by atoms with Crippen LogP contribution >= 0.6 is 11.6 Å². The standard InChI is InChI=1S/C23H25ClN4O2/c1-29-20-6-4-3-5-19(20)27-9-11-28(12-10-27)23-16-13-21(30-2)17(24)14-18(16)25-22(26-23)15-7-8-15/h3-6,13-15H,7-12H2,1-2H3. The summed E-state index contributed by atoms with van der Waals surface area (Å²) >= 11 is 6.39. The van der Waals surface area contributed by atoms with E-state index in [1.807, 2.05) is 24.3 Å². The van der Waals surface area contributed by atoms with Crippen molar-refractivity contribution in [1.29, 1.82) is 0 Å². The summed E-state index contributed by atoms with van der Waals surface area (Å²) in [5.74, 6) is 3.96. The lowest BCUT2D eigenvalue weighted by Crippen LogP contribution is -2.47. The van der Waals surface area contributed by atoms with Crippen molar-refractivity contribution < 1.29 is 9.47 Å². The van der Waals surface area contributed by atoms with E-state index in [1.54, 1.807) is 14.2 Å². The fourth-order valence-corrected chi connectivity index (χ4v) is 4.34. The molecule has 3 aromatic rings. The monoisotopic (exact) mass is 424 g/mol. The van der Waals surface area contributed by atoms with Crippen molar-refractivity contribution >= 4 is 34.0 Å². The van der Waals surface area contributed by atoms with Gasteiger partial charge in [0.25, 0.3) is 0 Å². The number of hydrogen-bond donors (Lipinski definition) is 0. The van der Waals surface area contributed by atoms with E-state index in [2.05, 4.69) is 21.9 Å². The van der Waals surface area contributed by atoms with Gasteiger partial charge in [0.15, 0.2) is 0 Å². The van der Waals surface area contributed by atoms with Gasteiger partial charge < -0.3 is 19.3 Å². The number of anilines is 2. The first-order chi connectivity index (χ1) is 14.7. The number of fused-ring (bicyclic) bond motifs is 1. The van der Waals surface area contributed by atoms with E-state index in [0.717, 1.165) is 73.0 Å². The molecule has 1 aliphatic carbocycles. The molecule has 0 spiro atoms. The number of halogens is 1. The Morgan fingerprint density at radius 2 is 1.60 bits per heavy atom. The zero-order valence-electron chi connectivity index (χ0n) is 17.3. The van der Waals surface area contributed by atoms with Gasteiger partial charge in [-0.05, 0) is 37.1 Å². The quantitative estimate of drug-likeness (QED) is 0.600. The second-order valence-electron chi connectivity index (χ2n) is 7.83. The minimum atomic E-state index is 0.476. The lowest BCUT2D eigenvalue weighted by Gasteiger charge is -2.37. The van der Waals surface area contributed by atoms with Crippen molar-refractivity contribution in [1.82, 2.24) is 9.97 Å². The molecule has 30 heavy (non-hydrogen) atoms. The molecule has 1 aromatic heterocycles. The highest BCUT2D eigenvalue weighted by molar-refractivity contribution is 6.32. The second kappa shape index (κ2) is 7.84. The normalized spacial score (nSPS) is 16.8. The summed E-state index contributed by atoms with van der Waals surface area (Å²) in [5, 5.41) is 1.57. The molecular formula is C23H25ClN4O2. The number of nitrogens with zero attached hydrogens (tertiary/aromatic N) is 4. The lowest BCUT2D eigenvalue weighted by atomic mass is 10.1. The largest absolute Gasteiger partial charge is 0.495 e. The Labute approximate surface area is 181 Å². The molecule has 2 aliphatic rings. The highest BCUT2D eigenvalue weighted by Gasteiger charge is 2.29. The van der Waals surface area contributed by atoms with E-state index in [0.29, 0.717) is 16.7 Å². The summed E-state index contributed by atoms with van der Waals surface area (Å²) in [4.78, 5) is 14.5. The van der Waals surface area contributed by atoms with Gasteiger partial charge in [0.2, 0.25) is 0 Å². The molecule has 1 aliphatic heterocycles. The summed E-state index contributed by atoms with van der Waals surface area (Å²) in [5.41, 5.74) is 2.03. The van der Waals surface area contributed by atoms with Gasteiger partial charge >= 0.3 is 0 Å². The maximum absolute atomic E-state index is 6.39. The van der Waals surface area contributed by atoms with Crippen molar-refractivity contribution in [3.8, 4) is 11.5 Å². The van der Waals surface area contributed by atoms with Crippen LogP contribution in [0.5, 0.6) is 11.5 Å². The number of para-hydroxylation sites is 2. The van der Waals surface area contributed by atoms with Crippen LogP contribution < -0.4 is 19.3 Å². The van der Waals surface area contributed by atoms with Crippen LogP contribution in [0.4, 0.5) is 11.5 Å². The molecular weight excluding hydrogens is 400 g/mol. The third-order valence-corrected chi connectivity index (χ3v) is 6.21. The molecule has 0 bridgehead atoms. The number of ether oxygens (including phenoxy) is 2. The second-order valence-corrected chi connectivity index (χ2v) is 8.24. The van der Waals surface area contributed by atoms with Crippen LogP contribution in [0.1, 0.15) is 24.6 Å². The van der Waals surface area contributed by atoms with Crippen LogP contribution in [0.3, 0.4) is 0 Å². The zero-order valence-corrected chi connectivity index (χ0v) is 18.0. The fourth-order valence-electron chi connectivity index (χ4n) is 4.10. The first-order valence-electron chi connectivity index (χ1n) is 10.4. The minimum absolute atomic E-state index is 0.476. The summed E-state index contributed by atoms with van der Waals surface area (Å²) < 4.78 is 11.0. The molecule has 5 rings (SSSR count). The smallest absolute Gasteiger partial charge is 0.142 e. The number of piperazine rings is 1. The molecule has 2 heterocycles. The highest BCUT2D eigenvalue weighted by Crippen LogP contribution is 2.41. The topological polar surface area (TPSA) is 50.7 Å². The predicted molar refractivity (Wildman–Crippen MR) is 120 cm³/mol. The minimum Gasteiger partial charge on any atom is -0.495 e. The van der Waals surface area contributed by atoms with Crippen LogP contribution in [-0.2, 0) is 0 Å². The number of rotatable bonds is 5. The Morgan fingerprint density at radius 3 is 2.30 bits per heavy atom. The van der Waals surface area contributed by atoms with Gasteiger partial charge in [-0.1, -0.05) is 23.7 Å².